The van der Waals surface area contributed by atoms with Gasteiger partial charge in [0.1, 0.15) is 0 Å². The molecule has 0 amide bonds. The van der Waals surface area contributed by atoms with Crippen molar-refractivity contribution < 1.29 is 20.1 Å². The molecule has 6 rings (SSSR count). The molecule has 0 aliphatic heterocycles. The fourth-order valence-corrected chi connectivity index (χ4v) is 6.41. The van der Waals surface area contributed by atoms with Crippen LogP contribution in [0.4, 0.5) is 0 Å². The maximum Gasteiger partial charge on any atom is 0.0803 e. The smallest absolute Gasteiger partial charge is 0.0803 e. The van der Waals surface area contributed by atoms with Crippen LogP contribution in [0.3, 0.4) is 0 Å². The van der Waals surface area contributed by atoms with Gasteiger partial charge in [-0.25, -0.2) is 5.26 Å². The molecular weight excluding hydrogens is 743 g/mol. The Morgan fingerprint density at radius 1 is 0.711 bits per heavy atom. The fourth-order valence-electron chi connectivity index (χ4n) is 4.94. The van der Waals surface area contributed by atoms with Crippen LogP contribution in [0.5, 0.6) is 0 Å². The minimum atomic E-state index is -1.47. The number of pyridine rings is 2. The van der Waals surface area contributed by atoms with Crippen molar-refractivity contribution in [3.8, 4) is 39.7 Å². The summed E-state index contributed by atoms with van der Waals surface area (Å²) in [4.78, 5) is 9.13. The van der Waals surface area contributed by atoms with E-state index in [0.717, 1.165) is 28.9 Å². The van der Waals surface area contributed by atoms with Crippen LogP contribution in [0.15, 0.2) is 128 Å². The van der Waals surface area contributed by atoms with Gasteiger partial charge in [-0.15, -0.1) is 65.2 Å². The van der Waals surface area contributed by atoms with Crippen LogP contribution in [0.2, 0.25) is 19.6 Å². The number of hydrogen-bond donors (Lipinski definition) is 0. The standard InChI is InChI=1S/C21H22NSi.C19H13N2.Ir/c1-16-10-12-18(13-11-16)20-14-19(17-8-6-5-7-9-17)21(15-22-20)23(2,3)4;20-14-16-6-8-18(9-7-16)19-13-17(10-11-21-19)12-15-4-2-1-3-5-15;/h5-12,14-15H,1-4H3;1-8,10-11,13H,12H2;/q2*-1;. The van der Waals surface area contributed by atoms with E-state index in [-0.39, 0.29) is 20.1 Å². The zero-order valence-corrected chi connectivity index (χ0v) is 29.4. The summed E-state index contributed by atoms with van der Waals surface area (Å²) in [7, 11) is -1.47. The Hall–Kier alpha value is -4.46. The number of aromatic nitrogens is 2. The summed E-state index contributed by atoms with van der Waals surface area (Å²) in [6, 6.07) is 47.5. The Morgan fingerprint density at radius 3 is 1.96 bits per heavy atom. The Bertz CT molecular complexity index is 1860. The number of benzene rings is 4. The largest absolute Gasteiger partial charge is 0.305 e. The third kappa shape index (κ3) is 9.03. The molecular formula is C40H35IrN3Si-2. The second-order valence-corrected chi connectivity index (χ2v) is 16.9. The molecule has 1 radical (unpaired) electrons. The van der Waals surface area contributed by atoms with Gasteiger partial charge >= 0.3 is 0 Å². The van der Waals surface area contributed by atoms with Gasteiger partial charge in [0, 0.05) is 38.6 Å². The van der Waals surface area contributed by atoms with Crippen molar-refractivity contribution in [2.75, 3.05) is 0 Å². The predicted molar refractivity (Wildman–Crippen MR) is 184 cm³/mol. The third-order valence-electron chi connectivity index (χ3n) is 7.33. The first kappa shape index (κ1) is 33.4. The summed E-state index contributed by atoms with van der Waals surface area (Å²) in [5, 5.41) is 10.2. The molecule has 0 aliphatic rings. The molecule has 0 saturated heterocycles. The summed E-state index contributed by atoms with van der Waals surface area (Å²) in [6.45, 7) is 9.19. The SMILES string of the molecule is Cc1c[c-]c(-c2cc(-c3ccccc3)c([Si](C)(C)C)cn2)cc1.N#Cc1c[c-]c(-c2cc(Cc3ccccc3)ccn2)cc1.[Ir]. The second kappa shape index (κ2) is 15.5. The third-order valence-corrected chi connectivity index (χ3v) is 9.35. The maximum absolute atomic E-state index is 8.82. The van der Waals surface area contributed by atoms with Gasteiger partial charge in [-0.05, 0) is 56.9 Å². The van der Waals surface area contributed by atoms with Gasteiger partial charge < -0.3 is 9.97 Å². The number of nitrogens with zero attached hydrogens (tertiary/aromatic N) is 3. The predicted octanol–water partition coefficient (Wildman–Crippen LogP) is 9.08. The number of nitriles is 1. The zero-order chi connectivity index (χ0) is 30.9. The van der Waals surface area contributed by atoms with Crippen molar-refractivity contribution in [1.82, 2.24) is 9.97 Å². The normalized spacial score (nSPS) is 10.6. The molecule has 4 aromatic carbocycles. The van der Waals surface area contributed by atoms with Crippen molar-refractivity contribution in [3.63, 3.8) is 0 Å². The molecule has 3 nitrogen and oxygen atoms in total. The van der Waals surface area contributed by atoms with Crippen LogP contribution in [0.1, 0.15) is 22.3 Å². The van der Waals surface area contributed by atoms with Crippen LogP contribution < -0.4 is 5.19 Å². The first-order valence-corrected chi connectivity index (χ1v) is 18.3. The summed E-state index contributed by atoms with van der Waals surface area (Å²) >= 11 is 0. The molecule has 0 atom stereocenters. The van der Waals surface area contributed by atoms with Crippen LogP contribution in [0, 0.1) is 30.4 Å². The number of hydrogen-bond acceptors (Lipinski definition) is 3. The average Bonchev–Trinajstić information content (AvgIpc) is 3.06. The topological polar surface area (TPSA) is 49.6 Å². The van der Waals surface area contributed by atoms with Gasteiger partial charge in [0.2, 0.25) is 0 Å². The van der Waals surface area contributed by atoms with Crippen LogP contribution >= 0.6 is 0 Å². The van der Waals surface area contributed by atoms with Crippen molar-refractivity contribution in [3.05, 3.63) is 162 Å². The molecule has 0 unspecified atom stereocenters. The Morgan fingerprint density at radius 2 is 1.36 bits per heavy atom. The monoisotopic (exact) mass is 778 g/mol. The van der Waals surface area contributed by atoms with E-state index in [0.29, 0.717) is 5.56 Å². The van der Waals surface area contributed by atoms with Crippen LogP contribution in [0.25, 0.3) is 33.6 Å². The van der Waals surface area contributed by atoms with Crippen molar-refractivity contribution in [1.29, 1.82) is 5.26 Å². The number of rotatable bonds is 6. The quantitative estimate of drug-likeness (QED) is 0.125. The molecule has 0 fully saturated rings. The van der Waals surface area contributed by atoms with Gasteiger partial charge in [-0.3, -0.25) is 0 Å². The van der Waals surface area contributed by atoms with E-state index in [9.17, 15) is 0 Å². The molecule has 2 aromatic heterocycles. The summed E-state index contributed by atoms with van der Waals surface area (Å²) < 4.78 is 0. The van der Waals surface area contributed by atoms with E-state index in [1.807, 2.05) is 42.6 Å². The molecule has 0 saturated carbocycles. The molecule has 45 heavy (non-hydrogen) atoms. The van der Waals surface area contributed by atoms with E-state index < -0.39 is 8.07 Å². The molecule has 6 aromatic rings. The molecule has 0 N–H and O–H groups in total. The molecule has 5 heteroatoms. The van der Waals surface area contributed by atoms with Gasteiger partial charge in [-0.2, -0.15) is 0 Å². The maximum atomic E-state index is 8.82. The van der Waals surface area contributed by atoms with Crippen molar-refractivity contribution in [2.24, 2.45) is 0 Å². The second-order valence-electron chi connectivity index (χ2n) is 11.8. The van der Waals surface area contributed by atoms with E-state index in [1.54, 1.807) is 12.1 Å². The van der Waals surface area contributed by atoms with Crippen molar-refractivity contribution >= 4 is 13.3 Å². The van der Waals surface area contributed by atoms with Gasteiger partial charge in [0.15, 0.2) is 0 Å². The van der Waals surface area contributed by atoms with E-state index in [2.05, 4.69) is 123 Å². The molecule has 0 aliphatic carbocycles. The first-order valence-electron chi connectivity index (χ1n) is 14.8. The van der Waals surface area contributed by atoms with Gasteiger partial charge in [-0.1, -0.05) is 99.4 Å². The molecule has 225 valence electrons. The fraction of sp³-hybridized carbons (Fsp3) is 0.125. The zero-order valence-electron chi connectivity index (χ0n) is 26.0. The Balaban J connectivity index is 0.000000201. The van der Waals surface area contributed by atoms with E-state index in [1.165, 1.54) is 33.0 Å². The average molecular weight is 778 g/mol. The van der Waals surface area contributed by atoms with Gasteiger partial charge in [0.25, 0.3) is 0 Å². The number of aryl methyl sites for hydroxylation is 1. The molecule has 0 bridgehead atoms. The minimum Gasteiger partial charge on any atom is -0.305 e. The summed E-state index contributed by atoms with van der Waals surface area (Å²) in [5.41, 5.74) is 10.7. The Labute approximate surface area is 282 Å². The van der Waals surface area contributed by atoms with Gasteiger partial charge in [0.05, 0.1) is 8.07 Å². The first-order chi connectivity index (χ1) is 21.3. The van der Waals surface area contributed by atoms with Crippen LogP contribution in [-0.4, -0.2) is 18.0 Å². The summed E-state index contributed by atoms with van der Waals surface area (Å²) in [5.74, 6) is 0. The van der Waals surface area contributed by atoms with Crippen LogP contribution in [-0.2, 0) is 26.5 Å². The minimum absolute atomic E-state index is 0. The van der Waals surface area contributed by atoms with E-state index in [4.69, 9.17) is 10.2 Å². The Kier molecular flexibility index (Phi) is 11.5. The molecule has 2 heterocycles. The molecule has 0 spiro atoms. The summed E-state index contributed by atoms with van der Waals surface area (Å²) in [6.07, 6.45) is 4.78. The van der Waals surface area contributed by atoms with E-state index >= 15 is 0 Å². The van der Waals surface area contributed by atoms with Crippen molar-refractivity contribution in [2.45, 2.75) is 33.0 Å².